The summed E-state index contributed by atoms with van der Waals surface area (Å²) in [5.41, 5.74) is 0.0135. The van der Waals surface area contributed by atoms with Gasteiger partial charge in [0.1, 0.15) is 11.4 Å². The SMILES string of the molecule is CN(CC1(CO)CC1)C(=O)c1c(-c2ccc(Cl)cc2)cc(C(F)(F)F)n1Cc1ccccc1. The normalized spacial score (nSPS) is 14.8. The number of carbonyl (C=O) groups excluding carboxylic acids is 1. The molecule has 1 aliphatic carbocycles. The molecule has 1 fully saturated rings. The Morgan fingerprint density at radius 3 is 2.30 bits per heavy atom. The van der Waals surface area contributed by atoms with Crippen LogP contribution in [0.4, 0.5) is 13.2 Å². The number of alkyl halides is 3. The van der Waals surface area contributed by atoms with Gasteiger partial charge in [0.05, 0.1) is 6.61 Å². The lowest BCUT2D eigenvalue weighted by atomic mass is 10.0. The molecule has 1 N–H and O–H groups in total. The van der Waals surface area contributed by atoms with Gasteiger partial charge in [-0.25, -0.2) is 0 Å². The van der Waals surface area contributed by atoms with Crippen LogP contribution in [0, 0.1) is 5.41 Å². The summed E-state index contributed by atoms with van der Waals surface area (Å²) < 4.78 is 43.4. The fourth-order valence-corrected chi connectivity index (χ4v) is 4.22. The number of nitrogens with zero attached hydrogens (tertiary/aromatic N) is 2. The fraction of sp³-hybridized carbons (Fsp3) is 0.320. The van der Waals surface area contributed by atoms with Crippen molar-refractivity contribution < 1.29 is 23.1 Å². The molecule has 0 spiro atoms. The van der Waals surface area contributed by atoms with E-state index in [1.807, 2.05) is 0 Å². The van der Waals surface area contributed by atoms with Crippen LogP contribution in [-0.2, 0) is 12.7 Å². The molecule has 1 saturated carbocycles. The molecule has 1 aliphatic rings. The second-order valence-electron chi connectivity index (χ2n) is 8.69. The minimum atomic E-state index is -4.66. The maximum absolute atomic E-state index is 14.1. The third-order valence-corrected chi connectivity index (χ3v) is 6.39. The number of carbonyl (C=O) groups is 1. The molecule has 1 heterocycles. The Morgan fingerprint density at radius 2 is 1.76 bits per heavy atom. The van der Waals surface area contributed by atoms with Crippen LogP contribution in [0.25, 0.3) is 11.1 Å². The standard InChI is InChI=1S/C25H24ClF3N2O2/c1-30(15-24(16-32)11-12-24)23(33)22-20(18-7-9-19(26)10-8-18)13-21(25(27,28)29)31(22)14-17-5-3-2-4-6-17/h2-10,13,32H,11-12,14-16H2,1H3. The van der Waals surface area contributed by atoms with Gasteiger partial charge in [-0.05, 0) is 42.2 Å². The van der Waals surface area contributed by atoms with E-state index in [1.54, 1.807) is 61.6 Å². The lowest BCUT2D eigenvalue weighted by Gasteiger charge is -2.24. The Balaban J connectivity index is 1.86. The Bertz CT molecular complexity index is 1140. The highest BCUT2D eigenvalue weighted by molar-refractivity contribution is 6.30. The summed E-state index contributed by atoms with van der Waals surface area (Å²) in [6.45, 7) is 0.108. The van der Waals surface area contributed by atoms with Crippen LogP contribution in [0.2, 0.25) is 5.02 Å². The van der Waals surface area contributed by atoms with Gasteiger partial charge < -0.3 is 14.6 Å². The first-order valence-electron chi connectivity index (χ1n) is 10.6. The summed E-state index contributed by atoms with van der Waals surface area (Å²) in [5.74, 6) is -0.522. The number of aromatic nitrogens is 1. The molecule has 0 saturated heterocycles. The number of aliphatic hydroxyl groups excluding tert-OH is 1. The van der Waals surface area contributed by atoms with E-state index in [9.17, 15) is 23.1 Å². The smallest absolute Gasteiger partial charge is 0.396 e. The molecule has 0 aliphatic heterocycles. The van der Waals surface area contributed by atoms with Crippen molar-refractivity contribution in [1.29, 1.82) is 0 Å². The van der Waals surface area contributed by atoms with Crippen molar-refractivity contribution >= 4 is 17.5 Å². The molecular weight excluding hydrogens is 453 g/mol. The molecular formula is C25H24ClF3N2O2. The molecule has 0 atom stereocenters. The van der Waals surface area contributed by atoms with Crippen molar-refractivity contribution in [2.45, 2.75) is 25.6 Å². The summed E-state index contributed by atoms with van der Waals surface area (Å²) in [7, 11) is 1.57. The highest BCUT2D eigenvalue weighted by Crippen LogP contribution is 2.46. The van der Waals surface area contributed by atoms with Crippen LogP contribution in [0.1, 0.15) is 34.6 Å². The summed E-state index contributed by atoms with van der Waals surface area (Å²) in [6, 6.07) is 16.2. The van der Waals surface area contributed by atoms with Crippen LogP contribution < -0.4 is 0 Å². The van der Waals surface area contributed by atoms with Crippen molar-refractivity contribution in [3.63, 3.8) is 0 Å². The monoisotopic (exact) mass is 476 g/mol. The van der Waals surface area contributed by atoms with Crippen molar-refractivity contribution in [3.05, 3.63) is 82.6 Å². The second kappa shape index (κ2) is 8.88. The average molecular weight is 477 g/mol. The number of hydrogen-bond donors (Lipinski definition) is 1. The number of rotatable bonds is 7. The molecule has 3 aromatic rings. The Morgan fingerprint density at radius 1 is 1.12 bits per heavy atom. The maximum atomic E-state index is 14.1. The van der Waals surface area contributed by atoms with E-state index in [4.69, 9.17) is 11.6 Å². The van der Waals surface area contributed by atoms with E-state index in [1.165, 1.54) is 4.90 Å². The van der Waals surface area contributed by atoms with Crippen LogP contribution in [0.3, 0.4) is 0 Å². The van der Waals surface area contributed by atoms with E-state index in [-0.39, 0.29) is 36.4 Å². The van der Waals surface area contributed by atoms with E-state index < -0.39 is 17.8 Å². The first-order valence-corrected chi connectivity index (χ1v) is 11.0. The minimum Gasteiger partial charge on any atom is -0.396 e. The molecule has 1 aromatic heterocycles. The molecule has 0 unspecified atom stereocenters. The lowest BCUT2D eigenvalue weighted by Crippen LogP contribution is -2.36. The van der Waals surface area contributed by atoms with Gasteiger partial charge in [-0.3, -0.25) is 4.79 Å². The number of amides is 1. The topological polar surface area (TPSA) is 45.5 Å². The lowest BCUT2D eigenvalue weighted by molar-refractivity contribution is -0.143. The van der Waals surface area contributed by atoms with Crippen LogP contribution in [0.15, 0.2) is 60.7 Å². The van der Waals surface area contributed by atoms with E-state index >= 15 is 0 Å². The van der Waals surface area contributed by atoms with Gasteiger partial charge in [0.2, 0.25) is 0 Å². The van der Waals surface area contributed by atoms with Gasteiger partial charge >= 0.3 is 6.18 Å². The van der Waals surface area contributed by atoms with Crippen molar-refractivity contribution in [3.8, 4) is 11.1 Å². The highest BCUT2D eigenvalue weighted by atomic mass is 35.5. The quantitative estimate of drug-likeness (QED) is 0.474. The molecule has 0 bridgehead atoms. The van der Waals surface area contributed by atoms with Gasteiger partial charge in [0, 0.05) is 36.1 Å². The van der Waals surface area contributed by atoms with Crippen LogP contribution >= 0.6 is 11.6 Å². The number of hydrogen-bond acceptors (Lipinski definition) is 2. The molecule has 33 heavy (non-hydrogen) atoms. The molecule has 2 aromatic carbocycles. The average Bonchev–Trinajstić information content (AvgIpc) is 3.45. The minimum absolute atomic E-state index is 0.0373. The van der Waals surface area contributed by atoms with Gasteiger partial charge in [-0.1, -0.05) is 54.1 Å². The van der Waals surface area contributed by atoms with E-state index in [0.29, 0.717) is 16.1 Å². The second-order valence-corrected chi connectivity index (χ2v) is 9.12. The Hall–Kier alpha value is -2.77. The molecule has 4 nitrogen and oxygen atoms in total. The molecule has 4 rings (SSSR count). The third kappa shape index (κ3) is 4.94. The van der Waals surface area contributed by atoms with Crippen molar-refractivity contribution in [2.24, 2.45) is 5.41 Å². The zero-order chi connectivity index (χ0) is 23.8. The van der Waals surface area contributed by atoms with Crippen LogP contribution in [0.5, 0.6) is 0 Å². The van der Waals surface area contributed by atoms with Crippen LogP contribution in [-0.4, -0.2) is 40.7 Å². The van der Waals surface area contributed by atoms with Gasteiger partial charge in [-0.2, -0.15) is 13.2 Å². The Labute approximate surface area is 195 Å². The summed E-state index contributed by atoms with van der Waals surface area (Å²) >= 11 is 5.98. The molecule has 8 heteroatoms. The predicted molar refractivity (Wildman–Crippen MR) is 121 cm³/mol. The fourth-order valence-electron chi connectivity index (χ4n) is 4.09. The van der Waals surface area contributed by atoms with E-state index in [2.05, 4.69) is 0 Å². The number of halogens is 4. The molecule has 0 radical (unpaired) electrons. The van der Waals surface area contributed by atoms with Gasteiger partial charge in [0.15, 0.2) is 0 Å². The first-order chi connectivity index (χ1) is 15.6. The zero-order valence-corrected chi connectivity index (χ0v) is 18.8. The molecule has 174 valence electrons. The zero-order valence-electron chi connectivity index (χ0n) is 18.1. The van der Waals surface area contributed by atoms with Gasteiger partial charge in [-0.15, -0.1) is 0 Å². The summed E-state index contributed by atoms with van der Waals surface area (Å²) in [5, 5.41) is 10.1. The highest BCUT2D eigenvalue weighted by Gasteiger charge is 2.45. The van der Waals surface area contributed by atoms with E-state index in [0.717, 1.165) is 23.5 Å². The predicted octanol–water partition coefficient (Wildman–Crippen LogP) is 5.72. The number of aliphatic hydroxyl groups is 1. The number of benzene rings is 2. The van der Waals surface area contributed by atoms with Crippen molar-refractivity contribution in [2.75, 3.05) is 20.2 Å². The van der Waals surface area contributed by atoms with Crippen molar-refractivity contribution in [1.82, 2.24) is 9.47 Å². The largest absolute Gasteiger partial charge is 0.431 e. The third-order valence-electron chi connectivity index (χ3n) is 6.14. The Kier molecular flexibility index (Phi) is 6.29. The summed E-state index contributed by atoms with van der Waals surface area (Å²) in [4.78, 5) is 15.0. The van der Waals surface area contributed by atoms with Gasteiger partial charge in [0.25, 0.3) is 5.91 Å². The summed E-state index contributed by atoms with van der Waals surface area (Å²) in [6.07, 6.45) is -3.09. The maximum Gasteiger partial charge on any atom is 0.431 e. The first kappa shape index (κ1) is 23.4. The molecule has 1 amide bonds.